The van der Waals surface area contributed by atoms with Gasteiger partial charge in [-0.1, -0.05) is 47.3 Å². The van der Waals surface area contributed by atoms with Crippen LogP contribution in [0.2, 0.25) is 0 Å². The average Bonchev–Trinajstić information content (AvgIpc) is 3.21. The number of rotatable bonds is 7. The Morgan fingerprint density at radius 1 is 1.33 bits per heavy atom. The Morgan fingerprint density at radius 3 is 2.92 bits per heavy atom. The van der Waals surface area contributed by atoms with E-state index < -0.39 is 0 Å². The van der Waals surface area contributed by atoms with E-state index in [4.69, 9.17) is 4.52 Å². The molecule has 0 radical (unpaired) electrons. The van der Waals surface area contributed by atoms with E-state index in [-0.39, 0.29) is 12.3 Å². The van der Waals surface area contributed by atoms with Crippen LogP contribution in [-0.2, 0) is 30.6 Å². The van der Waals surface area contributed by atoms with Crippen LogP contribution in [-0.4, -0.2) is 30.8 Å². The molecule has 9 heteroatoms. The van der Waals surface area contributed by atoms with E-state index in [1.165, 1.54) is 11.8 Å². The van der Waals surface area contributed by atoms with Gasteiger partial charge in [-0.05, 0) is 5.56 Å². The summed E-state index contributed by atoms with van der Waals surface area (Å²) >= 11 is 1.44. The molecule has 3 rings (SSSR count). The summed E-state index contributed by atoms with van der Waals surface area (Å²) < 4.78 is 6.95. The number of carbonyl (C=O) groups excluding carboxylic acids is 1. The minimum Gasteiger partial charge on any atom is -0.352 e. The fourth-order valence-electron chi connectivity index (χ4n) is 1.95. The largest absolute Gasteiger partial charge is 0.352 e. The maximum atomic E-state index is 11.9. The molecule has 0 atom stereocenters. The summed E-state index contributed by atoms with van der Waals surface area (Å²) in [6.45, 7) is 0.479. The number of nitrogens with zero attached hydrogens (tertiary/aromatic N) is 5. The van der Waals surface area contributed by atoms with E-state index in [2.05, 4.69) is 25.7 Å². The van der Waals surface area contributed by atoms with Gasteiger partial charge in [0, 0.05) is 13.6 Å². The molecule has 0 bridgehead atoms. The number of hydrogen-bond donors (Lipinski definition) is 1. The summed E-state index contributed by atoms with van der Waals surface area (Å²) in [5.41, 5.74) is 1.04. The van der Waals surface area contributed by atoms with Crippen molar-refractivity contribution in [2.45, 2.75) is 23.9 Å². The molecule has 3 aromatic rings. The van der Waals surface area contributed by atoms with Gasteiger partial charge in [0.2, 0.25) is 11.8 Å². The third-order valence-electron chi connectivity index (χ3n) is 3.16. The minimum absolute atomic E-state index is 0.0883. The van der Waals surface area contributed by atoms with Crippen molar-refractivity contribution in [1.29, 1.82) is 0 Å². The lowest BCUT2D eigenvalue weighted by atomic mass is 10.2. The van der Waals surface area contributed by atoms with Crippen LogP contribution >= 0.6 is 11.8 Å². The molecule has 0 fully saturated rings. The standard InChI is InChI=1S/C15H16N6O2S/c1-21-10-17-19-15(21)24-9-14-18-12(20-23-14)7-13(22)16-8-11-5-3-2-4-6-11/h2-6,10H,7-9H2,1H3,(H,16,22). The summed E-state index contributed by atoms with van der Waals surface area (Å²) in [5.74, 6) is 1.15. The Hall–Kier alpha value is -2.68. The van der Waals surface area contributed by atoms with Crippen molar-refractivity contribution in [3.05, 3.63) is 53.9 Å². The van der Waals surface area contributed by atoms with Crippen LogP contribution in [0.5, 0.6) is 0 Å². The average molecular weight is 344 g/mol. The van der Waals surface area contributed by atoms with Gasteiger partial charge in [-0.25, -0.2) is 0 Å². The lowest BCUT2D eigenvalue weighted by Crippen LogP contribution is -2.24. The van der Waals surface area contributed by atoms with E-state index in [9.17, 15) is 4.79 Å². The van der Waals surface area contributed by atoms with Crippen molar-refractivity contribution >= 4 is 17.7 Å². The molecule has 8 nitrogen and oxygen atoms in total. The Bertz CT molecular complexity index is 801. The van der Waals surface area contributed by atoms with Gasteiger partial charge in [0.05, 0.1) is 12.2 Å². The number of carbonyl (C=O) groups is 1. The molecule has 0 unspecified atom stereocenters. The van der Waals surface area contributed by atoms with Crippen LogP contribution < -0.4 is 5.32 Å². The fourth-order valence-corrected chi connectivity index (χ4v) is 2.68. The number of thioether (sulfide) groups is 1. The Balaban J connectivity index is 1.46. The quantitative estimate of drug-likeness (QED) is 0.646. The van der Waals surface area contributed by atoms with Crippen molar-refractivity contribution in [2.75, 3.05) is 0 Å². The normalized spacial score (nSPS) is 10.7. The van der Waals surface area contributed by atoms with Crippen LogP contribution in [0.4, 0.5) is 0 Å². The van der Waals surface area contributed by atoms with E-state index >= 15 is 0 Å². The third kappa shape index (κ3) is 4.42. The van der Waals surface area contributed by atoms with Crippen LogP contribution in [0.3, 0.4) is 0 Å². The molecular weight excluding hydrogens is 328 g/mol. The fraction of sp³-hybridized carbons (Fsp3) is 0.267. The van der Waals surface area contributed by atoms with Gasteiger partial charge in [0.25, 0.3) is 0 Å². The topological polar surface area (TPSA) is 98.7 Å². The molecule has 0 spiro atoms. The monoisotopic (exact) mass is 344 g/mol. The number of amides is 1. The highest BCUT2D eigenvalue weighted by Gasteiger charge is 2.12. The highest BCUT2D eigenvalue weighted by atomic mass is 32.2. The van der Waals surface area contributed by atoms with E-state index in [1.54, 1.807) is 10.9 Å². The van der Waals surface area contributed by atoms with Crippen molar-refractivity contribution in [3.8, 4) is 0 Å². The molecule has 0 aliphatic rings. The van der Waals surface area contributed by atoms with Crippen LogP contribution in [0.25, 0.3) is 0 Å². The Kier molecular flexibility index (Phi) is 5.22. The molecule has 2 aromatic heterocycles. The second-order valence-corrected chi connectivity index (χ2v) is 6.00. The molecule has 124 valence electrons. The molecule has 2 heterocycles. The summed E-state index contributed by atoms with van der Waals surface area (Å²) in [7, 11) is 1.86. The summed E-state index contributed by atoms with van der Waals surface area (Å²) in [5, 5.41) is 15.2. The second kappa shape index (κ2) is 7.73. The molecule has 0 aliphatic heterocycles. The molecule has 0 saturated heterocycles. The van der Waals surface area contributed by atoms with Crippen LogP contribution in [0.1, 0.15) is 17.3 Å². The molecule has 24 heavy (non-hydrogen) atoms. The SMILES string of the molecule is Cn1cnnc1SCc1nc(CC(=O)NCc2ccccc2)no1. The first-order chi connectivity index (χ1) is 11.7. The molecule has 1 amide bonds. The minimum atomic E-state index is -0.146. The number of aromatic nitrogens is 5. The number of benzene rings is 1. The van der Waals surface area contributed by atoms with Gasteiger partial charge in [0.1, 0.15) is 6.33 Å². The molecule has 0 saturated carbocycles. The second-order valence-electron chi connectivity index (χ2n) is 5.06. The van der Waals surface area contributed by atoms with Gasteiger partial charge in [0.15, 0.2) is 11.0 Å². The van der Waals surface area contributed by atoms with Crippen molar-refractivity contribution in [3.63, 3.8) is 0 Å². The molecule has 1 N–H and O–H groups in total. The molecular formula is C15H16N6O2S. The van der Waals surface area contributed by atoms with Crippen molar-refractivity contribution in [2.24, 2.45) is 7.05 Å². The van der Waals surface area contributed by atoms with Gasteiger partial charge in [-0.2, -0.15) is 4.98 Å². The van der Waals surface area contributed by atoms with Crippen LogP contribution in [0, 0.1) is 0 Å². The number of aryl methyl sites for hydroxylation is 1. The van der Waals surface area contributed by atoms with E-state index in [0.717, 1.165) is 10.7 Å². The lowest BCUT2D eigenvalue weighted by Gasteiger charge is -2.03. The lowest BCUT2D eigenvalue weighted by molar-refractivity contribution is -0.120. The summed E-state index contributed by atoms with van der Waals surface area (Å²) in [6, 6.07) is 9.71. The van der Waals surface area contributed by atoms with E-state index in [1.807, 2.05) is 37.4 Å². The first kappa shape index (κ1) is 16.2. The Morgan fingerprint density at radius 2 is 2.17 bits per heavy atom. The smallest absolute Gasteiger partial charge is 0.237 e. The maximum absolute atomic E-state index is 11.9. The van der Waals surface area contributed by atoms with Crippen LogP contribution in [0.15, 0.2) is 46.3 Å². The third-order valence-corrected chi connectivity index (χ3v) is 4.18. The zero-order chi connectivity index (χ0) is 16.8. The zero-order valence-electron chi connectivity index (χ0n) is 13.0. The first-order valence-electron chi connectivity index (χ1n) is 7.29. The highest BCUT2D eigenvalue weighted by Crippen LogP contribution is 2.18. The predicted octanol–water partition coefficient (Wildman–Crippen LogP) is 1.35. The number of hydrogen-bond acceptors (Lipinski definition) is 7. The van der Waals surface area contributed by atoms with Gasteiger partial charge in [-0.3, -0.25) is 4.79 Å². The Labute approximate surface area is 142 Å². The van der Waals surface area contributed by atoms with Crippen molar-refractivity contribution < 1.29 is 9.32 Å². The zero-order valence-corrected chi connectivity index (χ0v) is 13.9. The highest BCUT2D eigenvalue weighted by molar-refractivity contribution is 7.98. The first-order valence-corrected chi connectivity index (χ1v) is 8.28. The maximum Gasteiger partial charge on any atom is 0.237 e. The molecule has 0 aliphatic carbocycles. The summed E-state index contributed by atoms with van der Waals surface area (Å²) in [6.07, 6.45) is 1.71. The molecule has 1 aromatic carbocycles. The van der Waals surface area contributed by atoms with Gasteiger partial charge in [-0.15, -0.1) is 10.2 Å². The van der Waals surface area contributed by atoms with Gasteiger partial charge >= 0.3 is 0 Å². The number of nitrogens with one attached hydrogen (secondary N) is 1. The van der Waals surface area contributed by atoms with Crippen molar-refractivity contribution in [1.82, 2.24) is 30.2 Å². The van der Waals surface area contributed by atoms with Gasteiger partial charge < -0.3 is 14.4 Å². The van der Waals surface area contributed by atoms with E-state index in [0.29, 0.717) is 24.0 Å². The predicted molar refractivity (Wildman–Crippen MR) is 86.9 cm³/mol. The summed E-state index contributed by atoms with van der Waals surface area (Å²) in [4.78, 5) is 16.1.